The second kappa shape index (κ2) is 9.13. The number of carbonyl (C=O) groups excluding carboxylic acids is 1. The molecule has 148 valence electrons. The summed E-state index contributed by atoms with van der Waals surface area (Å²) in [5, 5.41) is 6.95. The highest BCUT2D eigenvalue weighted by Gasteiger charge is 2.16. The summed E-state index contributed by atoms with van der Waals surface area (Å²) >= 11 is 7.55. The Morgan fingerprint density at radius 2 is 1.97 bits per heavy atom. The summed E-state index contributed by atoms with van der Waals surface area (Å²) in [5.41, 5.74) is 3.02. The Hall–Kier alpha value is -2.81. The second-order valence-corrected chi connectivity index (χ2v) is 8.05. The first-order chi connectivity index (χ1) is 14.2. The first-order valence-electron chi connectivity index (χ1n) is 9.16. The Labute approximate surface area is 176 Å². The van der Waals surface area contributed by atoms with E-state index in [9.17, 15) is 4.79 Å². The number of para-hydroxylation sites is 2. The van der Waals surface area contributed by atoms with Crippen molar-refractivity contribution in [2.24, 2.45) is 0 Å². The van der Waals surface area contributed by atoms with Crippen molar-refractivity contribution in [3.05, 3.63) is 75.2 Å². The van der Waals surface area contributed by atoms with E-state index in [1.54, 1.807) is 6.20 Å². The van der Waals surface area contributed by atoms with Crippen LogP contribution in [0, 0.1) is 0 Å². The fraction of sp³-hybridized carbons (Fsp3) is 0.200. The van der Waals surface area contributed by atoms with Crippen LogP contribution >= 0.6 is 22.9 Å². The highest BCUT2D eigenvalue weighted by molar-refractivity contribution is 7.16. The molecule has 9 heteroatoms. The minimum Gasteiger partial charge on any atom is -0.345 e. The predicted octanol–water partition coefficient (Wildman–Crippen LogP) is 3.33. The van der Waals surface area contributed by atoms with Gasteiger partial charge in [-0.05, 0) is 24.3 Å². The van der Waals surface area contributed by atoms with Gasteiger partial charge >= 0.3 is 0 Å². The lowest BCUT2D eigenvalue weighted by Gasteiger charge is -2.02. The molecule has 0 saturated carbocycles. The Balaban J connectivity index is 1.27. The van der Waals surface area contributed by atoms with E-state index in [4.69, 9.17) is 11.6 Å². The van der Waals surface area contributed by atoms with Crippen molar-refractivity contribution in [1.82, 2.24) is 30.6 Å². The number of H-pyrrole nitrogens is 1. The number of thiazole rings is 1. The molecule has 4 rings (SSSR count). The standard InChI is InChI=1S/C20H19ClN6OS/c21-19-18(20(28)24-11-13-5-3-4-9-23-13)27-17(29-19)8-10-22-12-16-25-14-6-1-2-7-15(14)26-16/h1-7,9,22H,8,10-12H2,(H,24,28)(H,25,26). The maximum Gasteiger partial charge on any atom is 0.272 e. The van der Waals surface area contributed by atoms with Crippen LogP contribution in [0.2, 0.25) is 4.34 Å². The van der Waals surface area contributed by atoms with Crippen molar-refractivity contribution in [2.45, 2.75) is 19.5 Å². The molecule has 0 atom stereocenters. The summed E-state index contributed by atoms with van der Waals surface area (Å²) in [5.74, 6) is 0.594. The van der Waals surface area contributed by atoms with E-state index in [1.165, 1.54) is 11.3 Å². The molecule has 0 unspecified atom stereocenters. The fourth-order valence-electron chi connectivity index (χ4n) is 2.84. The van der Waals surface area contributed by atoms with Gasteiger partial charge in [-0.25, -0.2) is 9.97 Å². The van der Waals surface area contributed by atoms with Gasteiger partial charge in [-0.2, -0.15) is 0 Å². The normalized spacial score (nSPS) is 11.1. The Morgan fingerprint density at radius 1 is 1.10 bits per heavy atom. The third kappa shape index (κ3) is 4.97. The number of imidazole rings is 1. The van der Waals surface area contributed by atoms with Gasteiger partial charge in [0.05, 0.1) is 34.8 Å². The zero-order chi connectivity index (χ0) is 20.1. The lowest BCUT2D eigenvalue weighted by molar-refractivity contribution is 0.0946. The molecule has 3 N–H and O–H groups in total. The summed E-state index contributed by atoms with van der Waals surface area (Å²) in [6.45, 7) is 1.67. The lowest BCUT2D eigenvalue weighted by atomic mass is 10.3. The minimum absolute atomic E-state index is 0.264. The molecular formula is C20H19ClN6OS. The first kappa shape index (κ1) is 19.5. The zero-order valence-electron chi connectivity index (χ0n) is 15.5. The van der Waals surface area contributed by atoms with E-state index in [1.807, 2.05) is 42.5 Å². The van der Waals surface area contributed by atoms with E-state index in [-0.39, 0.29) is 11.6 Å². The number of aromatic nitrogens is 4. The molecule has 3 aromatic heterocycles. The van der Waals surface area contributed by atoms with Crippen LogP contribution in [0.4, 0.5) is 0 Å². The smallest absolute Gasteiger partial charge is 0.272 e. The molecule has 7 nitrogen and oxygen atoms in total. The number of hydrogen-bond acceptors (Lipinski definition) is 6. The summed E-state index contributed by atoms with van der Waals surface area (Å²) in [6, 6.07) is 13.5. The van der Waals surface area contributed by atoms with Gasteiger partial charge in [-0.1, -0.05) is 29.8 Å². The van der Waals surface area contributed by atoms with Gasteiger partial charge in [0.15, 0.2) is 5.69 Å². The number of pyridine rings is 1. The minimum atomic E-state index is -0.293. The third-order valence-electron chi connectivity index (χ3n) is 4.25. The number of benzene rings is 1. The molecule has 0 bridgehead atoms. The maximum atomic E-state index is 12.3. The SMILES string of the molecule is O=C(NCc1ccccn1)c1nc(CCNCc2nc3ccccc3[nH]2)sc1Cl. The van der Waals surface area contributed by atoms with E-state index < -0.39 is 0 Å². The van der Waals surface area contributed by atoms with Crippen LogP contribution in [0.25, 0.3) is 11.0 Å². The molecule has 0 spiro atoms. The fourth-order valence-corrected chi connectivity index (χ4v) is 4.02. The van der Waals surface area contributed by atoms with Gasteiger partial charge in [0.1, 0.15) is 10.2 Å². The van der Waals surface area contributed by atoms with Crippen molar-refractivity contribution >= 4 is 39.9 Å². The number of carbonyl (C=O) groups is 1. The molecule has 0 aliphatic carbocycles. The van der Waals surface area contributed by atoms with Gasteiger partial charge in [0.2, 0.25) is 0 Å². The van der Waals surface area contributed by atoms with Gasteiger partial charge in [-0.15, -0.1) is 11.3 Å². The first-order valence-corrected chi connectivity index (χ1v) is 10.4. The molecule has 0 aliphatic heterocycles. The highest BCUT2D eigenvalue weighted by Crippen LogP contribution is 2.24. The largest absolute Gasteiger partial charge is 0.345 e. The van der Waals surface area contributed by atoms with Crippen LogP contribution in [0.5, 0.6) is 0 Å². The molecule has 29 heavy (non-hydrogen) atoms. The van der Waals surface area contributed by atoms with Crippen LogP contribution in [0.15, 0.2) is 48.7 Å². The molecule has 0 aliphatic rings. The molecule has 0 radical (unpaired) electrons. The van der Waals surface area contributed by atoms with Crippen LogP contribution in [0.1, 0.15) is 27.0 Å². The summed E-state index contributed by atoms with van der Waals surface area (Å²) in [4.78, 5) is 28.7. The number of aromatic amines is 1. The van der Waals surface area contributed by atoms with Crippen LogP contribution in [-0.4, -0.2) is 32.4 Å². The van der Waals surface area contributed by atoms with Gasteiger partial charge in [-0.3, -0.25) is 9.78 Å². The molecule has 4 aromatic rings. The van der Waals surface area contributed by atoms with Gasteiger partial charge in [0.25, 0.3) is 5.91 Å². The van der Waals surface area contributed by atoms with Crippen molar-refractivity contribution in [1.29, 1.82) is 0 Å². The van der Waals surface area contributed by atoms with Gasteiger partial charge in [0, 0.05) is 19.2 Å². The number of rotatable bonds is 8. The van der Waals surface area contributed by atoms with Crippen molar-refractivity contribution in [2.75, 3.05) is 6.54 Å². The number of fused-ring (bicyclic) bond motifs is 1. The molecular weight excluding hydrogens is 408 g/mol. The molecule has 3 heterocycles. The van der Waals surface area contributed by atoms with Gasteiger partial charge < -0.3 is 15.6 Å². The van der Waals surface area contributed by atoms with Crippen LogP contribution < -0.4 is 10.6 Å². The predicted molar refractivity (Wildman–Crippen MR) is 114 cm³/mol. The summed E-state index contributed by atoms with van der Waals surface area (Å²) in [6.07, 6.45) is 2.37. The molecule has 0 saturated heterocycles. The molecule has 1 amide bonds. The van der Waals surface area contributed by atoms with E-state index in [2.05, 4.69) is 30.6 Å². The number of hydrogen-bond donors (Lipinski definition) is 3. The second-order valence-electron chi connectivity index (χ2n) is 6.36. The lowest BCUT2D eigenvalue weighted by Crippen LogP contribution is -2.24. The number of nitrogens with zero attached hydrogens (tertiary/aromatic N) is 3. The topological polar surface area (TPSA) is 95.6 Å². The number of amides is 1. The Bertz CT molecular complexity index is 1080. The van der Waals surface area contributed by atoms with Crippen LogP contribution in [0.3, 0.4) is 0 Å². The quantitative estimate of drug-likeness (QED) is 0.375. The monoisotopic (exact) mass is 426 g/mol. The van der Waals surface area contributed by atoms with E-state index in [0.717, 1.165) is 27.6 Å². The Kier molecular flexibility index (Phi) is 6.14. The maximum absolute atomic E-state index is 12.3. The highest BCUT2D eigenvalue weighted by atomic mass is 35.5. The number of nitrogens with one attached hydrogen (secondary N) is 3. The zero-order valence-corrected chi connectivity index (χ0v) is 17.1. The summed E-state index contributed by atoms with van der Waals surface area (Å²) in [7, 11) is 0. The van der Waals surface area contributed by atoms with E-state index in [0.29, 0.717) is 30.4 Å². The van der Waals surface area contributed by atoms with Crippen molar-refractivity contribution < 1.29 is 4.79 Å². The van der Waals surface area contributed by atoms with Crippen molar-refractivity contribution in [3.63, 3.8) is 0 Å². The molecule has 1 aromatic carbocycles. The van der Waals surface area contributed by atoms with Crippen LogP contribution in [-0.2, 0) is 19.5 Å². The Morgan fingerprint density at radius 3 is 2.79 bits per heavy atom. The van der Waals surface area contributed by atoms with E-state index >= 15 is 0 Å². The summed E-state index contributed by atoms with van der Waals surface area (Å²) < 4.78 is 0.399. The number of halogens is 1. The molecule has 0 fully saturated rings. The third-order valence-corrected chi connectivity index (χ3v) is 5.56. The van der Waals surface area contributed by atoms with Crippen molar-refractivity contribution in [3.8, 4) is 0 Å². The average molecular weight is 427 g/mol. The average Bonchev–Trinajstić information content (AvgIpc) is 3.33.